The number of carbonyl (C=O) groups excluding carboxylic acids is 1. The molecule has 0 saturated carbocycles. The first-order valence-electron chi connectivity index (χ1n) is 7.59. The summed E-state index contributed by atoms with van der Waals surface area (Å²) >= 11 is 6.02. The molecule has 1 aromatic heterocycles. The van der Waals surface area contributed by atoms with Crippen molar-refractivity contribution in [3.05, 3.63) is 52.8 Å². The number of aliphatic imine (C=N–C) groups is 1. The van der Waals surface area contributed by atoms with Gasteiger partial charge in [-0.05, 0) is 36.2 Å². The molecule has 4 N–H and O–H groups in total. The lowest BCUT2D eigenvalue weighted by molar-refractivity contribution is 0.0999. The molecular weight excluding hydrogens is 340 g/mol. The number of nitrogens with two attached hydrogens (primary N) is 1. The number of primary amides is 1. The lowest BCUT2D eigenvalue weighted by atomic mass is 10.0. The number of pyridine rings is 1. The van der Waals surface area contributed by atoms with E-state index in [0.29, 0.717) is 23.4 Å². The van der Waals surface area contributed by atoms with Gasteiger partial charge in [-0.3, -0.25) is 10.1 Å². The van der Waals surface area contributed by atoms with Gasteiger partial charge in [0.05, 0.1) is 11.4 Å². The smallest absolute Gasteiger partial charge is 0.249 e. The number of hydrogen-bond donors (Lipinski definition) is 3. The summed E-state index contributed by atoms with van der Waals surface area (Å²) in [5, 5.41) is 14.6. The highest BCUT2D eigenvalue weighted by Gasteiger charge is 2.13. The molecule has 0 unspecified atom stereocenters. The largest absolute Gasteiger partial charge is 0.366 e. The Balaban J connectivity index is 2.46. The first-order valence-corrected chi connectivity index (χ1v) is 7.97. The van der Waals surface area contributed by atoms with Crippen LogP contribution in [-0.2, 0) is 6.42 Å². The molecule has 1 aromatic carbocycles. The first kappa shape index (κ1) is 18.2. The Morgan fingerprint density at radius 1 is 1.40 bits per heavy atom. The number of nitrogens with one attached hydrogen (secondary N) is 2. The van der Waals surface area contributed by atoms with E-state index in [1.54, 1.807) is 36.5 Å². The van der Waals surface area contributed by atoms with Crippen molar-refractivity contribution in [2.45, 2.75) is 19.8 Å². The second kappa shape index (κ2) is 8.66. The fraction of sp³-hybridized carbons (Fsp3) is 0.176. The van der Waals surface area contributed by atoms with Crippen LogP contribution >= 0.6 is 11.6 Å². The zero-order chi connectivity index (χ0) is 18.2. The average Bonchev–Trinajstić information content (AvgIpc) is 2.58. The van der Waals surface area contributed by atoms with Crippen molar-refractivity contribution >= 4 is 34.8 Å². The number of hydrogen-bond acceptors (Lipinski definition) is 4. The van der Waals surface area contributed by atoms with Gasteiger partial charge in [0.2, 0.25) is 11.9 Å². The minimum atomic E-state index is -0.515. The molecule has 1 heterocycles. The molecule has 0 saturated heterocycles. The molecule has 1 amide bonds. The molecule has 8 heteroatoms. The van der Waals surface area contributed by atoms with Gasteiger partial charge in [0, 0.05) is 11.8 Å². The van der Waals surface area contributed by atoms with Crippen molar-refractivity contribution in [3.63, 3.8) is 0 Å². The number of benzene rings is 1. The van der Waals surface area contributed by atoms with E-state index in [1.165, 1.54) is 0 Å². The molecule has 0 bridgehead atoms. The third-order valence-corrected chi connectivity index (χ3v) is 3.64. The number of nitrogens with zero attached hydrogens (tertiary/aromatic N) is 3. The van der Waals surface area contributed by atoms with Crippen molar-refractivity contribution in [2.24, 2.45) is 10.7 Å². The number of aromatic nitrogens is 1. The Kier molecular flexibility index (Phi) is 6.32. The van der Waals surface area contributed by atoms with Gasteiger partial charge in [0.25, 0.3) is 0 Å². The maximum Gasteiger partial charge on any atom is 0.249 e. The second-order valence-corrected chi connectivity index (χ2v) is 5.44. The maximum atomic E-state index is 11.7. The van der Waals surface area contributed by atoms with Crippen molar-refractivity contribution in [1.29, 1.82) is 5.26 Å². The van der Waals surface area contributed by atoms with Gasteiger partial charge in [-0.15, -0.1) is 0 Å². The van der Waals surface area contributed by atoms with Crippen LogP contribution in [-0.4, -0.2) is 16.9 Å². The zero-order valence-electron chi connectivity index (χ0n) is 13.6. The molecule has 7 nitrogen and oxygen atoms in total. The van der Waals surface area contributed by atoms with Gasteiger partial charge in [0.15, 0.2) is 11.3 Å². The third kappa shape index (κ3) is 4.68. The summed E-state index contributed by atoms with van der Waals surface area (Å²) in [5.41, 5.74) is 7.63. The predicted octanol–water partition coefficient (Wildman–Crippen LogP) is 2.96. The van der Waals surface area contributed by atoms with Crippen LogP contribution in [0.3, 0.4) is 0 Å². The highest BCUT2D eigenvalue weighted by Crippen LogP contribution is 2.25. The number of halogens is 1. The number of guanidine groups is 1. The molecule has 25 heavy (non-hydrogen) atoms. The molecule has 0 atom stereocenters. The summed E-state index contributed by atoms with van der Waals surface area (Å²) in [6.45, 7) is 1.99. The van der Waals surface area contributed by atoms with E-state index < -0.39 is 5.91 Å². The quantitative estimate of drug-likeness (QED) is 0.250. The van der Waals surface area contributed by atoms with E-state index in [-0.39, 0.29) is 11.1 Å². The summed E-state index contributed by atoms with van der Waals surface area (Å²) in [6.07, 6.45) is 4.82. The van der Waals surface area contributed by atoms with Crippen molar-refractivity contribution < 1.29 is 4.79 Å². The highest BCUT2D eigenvalue weighted by molar-refractivity contribution is 6.32. The summed E-state index contributed by atoms with van der Waals surface area (Å²) in [4.78, 5) is 20.0. The van der Waals surface area contributed by atoms with E-state index in [1.807, 2.05) is 13.1 Å². The van der Waals surface area contributed by atoms with E-state index >= 15 is 0 Å². The van der Waals surface area contributed by atoms with Crippen molar-refractivity contribution in [2.75, 3.05) is 5.32 Å². The Morgan fingerprint density at radius 3 is 2.84 bits per heavy atom. The van der Waals surface area contributed by atoms with Gasteiger partial charge < -0.3 is 11.1 Å². The number of amides is 1. The fourth-order valence-corrected chi connectivity index (χ4v) is 2.46. The van der Waals surface area contributed by atoms with Crippen LogP contribution in [0, 0.1) is 11.5 Å². The molecule has 0 aliphatic carbocycles. The molecule has 2 aromatic rings. The standard InChI is InChI=1S/C17H17ClN6O/c1-2-5-11-12(16(20)25)6-3-7-13(11)23-17(22-10-19)24-14-8-4-9-21-15(14)18/h3-4,6-9H,2,5H2,1H3,(H2,20,25)(H2,22,23,24). The average molecular weight is 357 g/mol. The second-order valence-electron chi connectivity index (χ2n) is 5.08. The first-order chi connectivity index (χ1) is 12.1. The van der Waals surface area contributed by atoms with E-state index in [0.717, 1.165) is 12.0 Å². The van der Waals surface area contributed by atoms with E-state index in [2.05, 4.69) is 20.6 Å². The van der Waals surface area contributed by atoms with E-state index in [9.17, 15) is 4.79 Å². The van der Waals surface area contributed by atoms with Crippen molar-refractivity contribution in [1.82, 2.24) is 10.3 Å². The third-order valence-electron chi connectivity index (χ3n) is 3.34. The van der Waals surface area contributed by atoms with Crippen LogP contribution in [0.5, 0.6) is 0 Å². The minimum absolute atomic E-state index is 0.163. The lowest BCUT2D eigenvalue weighted by Crippen LogP contribution is -2.26. The van der Waals surface area contributed by atoms with Crippen LogP contribution in [0.2, 0.25) is 5.15 Å². The van der Waals surface area contributed by atoms with Crippen LogP contribution in [0.15, 0.2) is 41.5 Å². The van der Waals surface area contributed by atoms with Gasteiger partial charge in [-0.25, -0.2) is 9.98 Å². The monoisotopic (exact) mass is 356 g/mol. The highest BCUT2D eigenvalue weighted by atomic mass is 35.5. The molecular formula is C17H17ClN6O. The summed E-state index contributed by atoms with van der Waals surface area (Å²) in [6, 6.07) is 8.52. The number of rotatable bonds is 5. The predicted molar refractivity (Wildman–Crippen MR) is 97.7 cm³/mol. The number of anilines is 1. The summed E-state index contributed by atoms with van der Waals surface area (Å²) in [7, 11) is 0. The lowest BCUT2D eigenvalue weighted by Gasteiger charge is -2.12. The van der Waals surface area contributed by atoms with Crippen molar-refractivity contribution in [3.8, 4) is 6.19 Å². The topological polar surface area (TPSA) is 116 Å². The maximum absolute atomic E-state index is 11.7. The van der Waals surface area contributed by atoms with Crippen LogP contribution < -0.4 is 16.4 Å². The van der Waals surface area contributed by atoms with Crippen LogP contribution in [0.25, 0.3) is 0 Å². The normalized spacial score (nSPS) is 10.8. The van der Waals surface area contributed by atoms with Gasteiger partial charge in [-0.1, -0.05) is 31.0 Å². The molecule has 0 aliphatic heterocycles. The van der Waals surface area contributed by atoms with Crippen LogP contribution in [0.4, 0.5) is 11.4 Å². The summed E-state index contributed by atoms with van der Waals surface area (Å²) < 4.78 is 0. The number of nitriles is 1. The molecule has 0 radical (unpaired) electrons. The molecule has 2 rings (SSSR count). The Bertz CT molecular complexity index is 843. The minimum Gasteiger partial charge on any atom is -0.366 e. The molecule has 128 valence electrons. The molecule has 0 aliphatic rings. The van der Waals surface area contributed by atoms with Gasteiger partial charge in [-0.2, -0.15) is 5.26 Å². The Labute approximate surface area is 150 Å². The Hall–Kier alpha value is -3.11. The van der Waals surface area contributed by atoms with Gasteiger partial charge >= 0.3 is 0 Å². The van der Waals surface area contributed by atoms with E-state index in [4.69, 9.17) is 22.6 Å². The zero-order valence-corrected chi connectivity index (χ0v) is 14.3. The fourth-order valence-electron chi connectivity index (χ4n) is 2.29. The summed E-state index contributed by atoms with van der Waals surface area (Å²) in [5.74, 6) is -0.352. The number of carbonyl (C=O) groups is 1. The Morgan fingerprint density at radius 2 is 2.20 bits per heavy atom. The molecule has 0 spiro atoms. The SMILES string of the molecule is CCCc1c(N=C(NC#N)Nc2cccnc2Cl)cccc1C(N)=O. The van der Waals surface area contributed by atoms with Crippen LogP contribution in [0.1, 0.15) is 29.3 Å². The molecule has 0 fully saturated rings. The van der Waals surface area contributed by atoms with Gasteiger partial charge in [0.1, 0.15) is 0 Å².